The minimum atomic E-state index is -0.760. The van der Waals surface area contributed by atoms with Gasteiger partial charge in [-0.15, -0.1) is 0 Å². The topological polar surface area (TPSA) is 102 Å². The molecule has 1 unspecified atom stereocenters. The fraction of sp³-hybridized carbons (Fsp3) is 0.550. The molecule has 1 atom stereocenters. The number of nitrogens with zero attached hydrogens (tertiary/aromatic N) is 2. The van der Waals surface area contributed by atoms with Crippen LogP contribution in [0.15, 0.2) is 24.3 Å². The molecule has 2 fully saturated rings. The minimum absolute atomic E-state index is 0.132. The first-order valence-corrected chi connectivity index (χ1v) is 9.85. The number of carboxylic acid groups (broad SMARTS) is 1. The molecule has 2 aliphatic heterocycles. The fourth-order valence-corrected chi connectivity index (χ4v) is 3.67. The normalized spacial score (nSPS) is 21.4. The third-order valence-electron chi connectivity index (χ3n) is 5.30. The van der Waals surface area contributed by atoms with Crippen molar-refractivity contribution in [3.63, 3.8) is 0 Å². The highest BCUT2D eigenvalue weighted by Gasteiger charge is 2.26. The summed E-state index contributed by atoms with van der Waals surface area (Å²) < 4.78 is 0. The molecule has 3 N–H and O–H groups in total. The van der Waals surface area contributed by atoms with Gasteiger partial charge in [0.2, 0.25) is 11.8 Å². The molecule has 2 amide bonds. The number of anilines is 1. The number of carboxylic acids is 1. The Balaban J connectivity index is 1.36. The predicted octanol–water partition coefficient (Wildman–Crippen LogP) is 0.539. The highest BCUT2D eigenvalue weighted by Crippen LogP contribution is 2.16. The second-order valence-electron chi connectivity index (χ2n) is 7.46. The lowest BCUT2D eigenvalue weighted by Gasteiger charge is -2.33. The number of carbonyl (C=O) groups is 3. The van der Waals surface area contributed by atoms with Gasteiger partial charge in [0.25, 0.3) is 0 Å². The van der Waals surface area contributed by atoms with Gasteiger partial charge in [-0.05, 0) is 43.5 Å². The third-order valence-corrected chi connectivity index (χ3v) is 5.30. The van der Waals surface area contributed by atoms with Crippen molar-refractivity contribution in [2.75, 3.05) is 44.6 Å². The first-order chi connectivity index (χ1) is 13.5. The van der Waals surface area contributed by atoms with Gasteiger partial charge >= 0.3 is 5.97 Å². The molecule has 1 aromatic rings. The van der Waals surface area contributed by atoms with Crippen molar-refractivity contribution >= 4 is 23.5 Å². The number of benzene rings is 1. The number of rotatable bonds is 8. The van der Waals surface area contributed by atoms with E-state index in [1.165, 1.54) is 5.56 Å². The van der Waals surface area contributed by atoms with Gasteiger partial charge in [-0.2, -0.15) is 0 Å². The molecule has 152 valence electrons. The van der Waals surface area contributed by atoms with E-state index in [1.54, 1.807) is 0 Å². The van der Waals surface area contributed by atoms with Gasteiger partial charge in [0.15, 0.2) is 0 Å². The Bertz CT molecular complexity index is 699. The van der Waals surface area contributed by atoms with E-state index in [0.717, 1.165) is 51.3 Å². The summed E-state index contributed by atoms with van der Waals surface area (Å²) in [7, 11) is 0. The zero-order valence-corrected chi connectivity index (χ0v) is 16.0. The molecule has 2 saturated heterocycles. The summed E-state index contributed by atoms with van der Waals surface area (Å²) in [6.07, 6.45) is 2.92. The maximum atomic E-state index is 11.8. The molecular formula is C20H28N4O4. The fourth-order valence-electron chi connectivity index (χ4n) is 3.67. The number of hydrogen-bond acceptors (Lipinski definition) is 6. The summed E-state index contributed by atoms with van der Waals surface area (Å²) in [5.74, 6) is -1.23. The van der Waals surface area contributed by atoms with Crippen molar-refractivity contribution in [2.24, 2.45) is 0 Å². The Labute approximate surface area is 164 Å². The summed E-state index contributed by atoms with van der Waals surface area (Å²) >= 11 is 0. The molecule has 0 spiro atoms. The molecule has 8 heteroatoms. The van der Waals surface area contributed by atoms with Gasteiger partial charge in [-0.25, -0.2) is 0 Å². The zero-order valence-electron chi connectivity index (χ0n) is 16.0. The third kappa shape index (κ3) is 6.03. The zero-order chi connectivity index (χ0) is 19.9. The molecule has 0 aromatic heterocycles. The Morgan fingerprint density at radius 2 is 1.79 bits per heavy atom. The summed E-state index contributed by atoms with van der Waals surface area (Å²) in [6.45, 7) is 4.61. The predicted molar refractivity (Wildman–Crippen MR) is 105 cm³/mol. The van der Waals surface area contributed by atoms with Crippen molar-refractivity contribution in [2.45, 2.75) is 31.7 Å². The van der Waals surface area contributed by atoms with Crippen molar-refractivity contribution in [1.29, 1.82) is 0 Å². The smallest absolute Gasteiger partial charge is 0.317 e. The Morgan fingerprint density at radius 1 is 1.11 bits per heavy atom. The largest absolute Gasteiger partial charge is 0.480 e. The summed E-state index contributed by atoms with van der Waals surface area (Å²) in [6, 6.07) is 7.73. The second-order valence-corrected chi connectivity index (χ2v) is 7.46. The molecule has 3 rings (SSSR count). The van der Waals surface area contributed by atoms with E-state index in [1.807, 2.05) is 17.0 Å². The van der Waals surface area contributed by atoms with Crippen LogP contribution in [0, 0.1) is 0 Å². The molecule has 2 aliphatic rings. The number of carbonyl (C=O) groups excluding carboxylic acids is 2. The first-order valence-electron chi connectivity index (χ1n) is 9.85. The van der Waals surface area contributed by atoms with Crippen molar-refractivity contribution in [3.8, 4) is 0 Å². The summed E-state index contributed by atoms with van der Waals surface area (Å²) in [5.41, 5.74) is 2.13. The Hall–Kier alpha value is -2.45. The lowest BCUT2D eigenvalue weighted by Crippen LogP contribution is -2.48. The number of piperazine rings is 1. The van der Waals surface area contributed by atoms with E-state index in [9.17, 15) is 14.4 Å². The highest BCUT2D eigenvalue weighted by molar-refractivity contribution is 6.01. The maximum absolute atomic E-state index is 11.8. The molecule has 8 nitrogen and oxygen atoms in total. The number of hydrogen-bond donors (Lipinski definition) is 3. The highest BCUT2D eigenvalue weighted by atomic mass is 16.4. The minimum Gasteiger partial charge on any atom is -0.480 e. The standard InChI is InChI=1S/C20H28N4O4/c25-18-8-7-17(20(28)22-18)21-16-5-3-15(4-6-16)2-1-9-23-10-12-24(13-11-23)14-19(26)27/h3-6,17,21H,1-2,7-14H2,(H,26,27)(H,22,25,28). The average molecular weight is 388 g/mol. The number of aliphatic carboxylic acids is 1. The number of amides is 2. The monoisotopic (exact) mass is 388 g/mol. The van der Waals surface area contributed by atoms with E-state index >= 15 is 0 Å². The number of nitrogens with one attached hydrogen (secondary N) is 2. The summed E-state index contributed by atoms with van der Waals surface area (Å²) in [5, 5.41) is 14.4. The lowest BCUT2D eigenvalue weighted by atomic mass is 10.0. The maximum Gasteiger partial charge on any atom is 0.317 e. The molecule has 0 aliphatic carbocycles. The van der Waals surface area contributed by atoms with Crippen molar-refractivity contribution in [3.05, 3.63) is 29.8 Å². The molecular weight excluding hydrogens is 360 g/mol. The lowest BCUT2D eigenvalue weighted by molar-refractivity contribution is -0.139. The van der Waals surface area contributed by atoms with Crippen LogP contribution < -0.4 is 10.6 Å². The average Bonchev–Trinajstić information content (AvgIpc) is 2.66. The SMILES string of the molecule is O=C(O)CN1CCN(CCCc2ccc(NC3CCC(=O)NC3=O)cc2)CC1. The molecule has 0 saturated carbocycles. The number of aryl methyl sites for hydroxylation is 1. The van der Waals surface area contributed by atoms with Crippen molar-refractivity contribution < 1.29 is 19.5 Å². The number of imide groups is 1. The van der Waals surface area contributed by atoms with E-state index in [0.29, 0.717) is 12.8 Å². The Morgan fingerprint density at radius 3 is 2.43 bits per heavy atom. The second kappa shape index (κ2) is 9.66. The molecule has 0 bridgehead atoms. The van der Waals surface area contributed by atoms with E-state index in [4.69, 9.17) is 5.11 Å². The van der Waals surface area contributed by atoms with Crippen molar-refractivity contribution in [1.82, 2.24) is 15.1 Å². The first kappa shape index (κ1) is 20.3. The van der Waals surface area contributed by atoms with Gasteiger partial charge < -0.3 is 15.3 Å². The molecule has 2 heterocycles. The van der Waals surface area contributed by atoms with Crippen LogP contribution in [-0.4, -0.2) is 78.0 Å². The molecule has 0 radical (unpaired) electrons. The van der Waals surface area contributed by atoms with Crippen LogP contribution in [0.3, 0.4) is 0 Å². The van der Waals surface area contributed by atoms with Gasteiger partial charge in [0.1, 0.15) is 6.04 Å². The molecule has 28 heavy (non-hydrogen) atoms. The van der Waals surface area contributed by atoms with Crippen LogP contribution in [0.5, 0.6) is 0 Å². The van der Waals surface area contributed by atoms with Gasteiger partial charge in [0.05, 0.1) is 6.54 Å². The van der Waals surface area contributed by atoms with E-state index < -0.39 is 5.97 Å². The van der Waals surface area contributed by atoms with Crippen LogP contribution in [0.2, 0.25) is 0 Å². The number of piperidine rings is 1. The van der Waals surface area contributed by atoms with Crippen LogP contribution in [0.1, 0.15) is 24.8 Å². The van der Waals surface area contributed by atoms with Gasteiger partial charge in [-0.1, -0.05) is 12.1 Å². The Kier molecular flexibility index (Phi) is 7.00. The molecule has 1 aromatic carbocycles. The van der Waals surface area contributed by atoms with Crippen LogP contribution in [0.4, 0.5) is 5.69 Å². The van der Waals surface area contributed by atoms with Crippen LogP contribution >= 0.6 is 0 Å². The quantitative estimate of drug-likeness (QED) is 0.559. The van der Waals surface area contributed by atoms with E-state index in [2.05, 4.69) is 27.7 Å². The van der Waals surface area contributed by atoms with Crippen LogP contribution in [-0.2, 0) is 20.8 Å². The van der Waals surface area contributed by atoms with E-state index in [-0.39, 0.29) is 24.4 Å². The summed E-state index contributed by atoms with van der Waals surface area (Å²) in [4.78, 5) is 38.1. The van der Waals surface area contributed by atoms with Gasteiger partial charge in [-0.3, -0.25) is 24.6 Å². The van der Waals surface area contributed by atoms with Crippen LogP contribution in [0.25, 0.3) is 0 Å². The van der Waals surface area contributed by atoms with Gasteiger partial charge in [0, 0.05) is 38.3 Å².